The fourth-order valence-electron chi connectivity index (χ4n) is 1.88. The molecule has 0 amide bonds. The van der Waals surface area contributed by atoms with Gasteiger partial charge in [-0.1, -0.05) is 33.1 Å². The molecule has 17 heavy (non-hydrogen) atoms. The second-order valence-electron chi connectivity index (χ2n) is 5.26. The molecule has 0 bridgehead atoms. The Labute approximate surface area is 106 Å². The van der Waals surface area contributed by atoms with Crippen molar-refractivity contribution >= 4 is 0 Å². The first kappa shape index (κ1) is 16.9. The molecular formula is C14H30O3. The van der Waals surface area contributed by atoms with E-state index >= 15 is 0 Å². The summed E-state index contributed by atoms with van der Waals surface area (Å²) in [6, 6.07) is 0. The second kappa shape index (κ2) is 9.86. The summed E-state index contributed by atoms with van der Waals surface area (Å²) in [5, 5.41) is 18.7. The maximum atomic E-state index is 9.97. The molecule has 0 spiro atoms. The van der Waals surface area contributed by atoms with Crippen molar-refractivity contribution in [2.75, 3.05) is 19.8 Å². The standard InChI is InChI=1S/C14H30O3/c1-4-6-8-13(5-2)11-17-12-14(3,16)9-7-10-15/h13,15-16H,4-12H2,1-3H3. The number of ether oxygens (including phenoxy) is 1. The Kier molecular flexibility index (Phi) is 9.79. The number of hydrogen-bond donors (Lipinski definition) is 2. The third kappa shape index (κ3) is 9.57. The van der Waals surface area contributed by atoms with Crippen molar-refractivity contribution in [2.45, 2.75) is 64.9 Å². The van der Waals surface area contributed by atoms with Gasteiger partial charge in [0.05, 0.1) is 12.2 Å². The molecule has 2 atom stereocenters. The molecule has 0 aromatic rings. The van der Waals surface area contributed by atoms with Crippen LogP contribution in [0, 0.1) is 5.92 Å². The molecule has 0 heterocycles. The van der Waals surface area contributed by atoms with Gasteiger partial charge < -0.3 is 14.9 Å². The predicted molar refractivity (Wildman–Crippen MR) is 71.1 cm³/mol. The third-order valence-corrected chi connectivity index (χ3v) is 3.18. The summed E-state index contributed by atoms with van der Waals surface area (Å²) in [7, 11) is 0. The molecule has 0 aliphatic rings. The zero-order valence-corrected chi connectivity index (χ0v) is 11.7. The SMILES string of the molecule is CCCCC(CC)COCC(C)(O)CCCO. The van der Waals surface area contributed by atoms with E-state index < -0.39 is 5.60 Å². The molecule has 3 heteroatoms. The van der Waals surface area contributed by atoms with Crippen LogP contribution in [0.5, 0.6) is 0 Å². The first-order valence-corrected chi connectivity index (χ1v) is 6.96. The molecule has 3 nitrogen and oxygen atoms in total. The maximum absolute atomic E-state index is 9.97. The number of hydrogen-bond acceptors (Lipinski definition) is 3. The van der Waals surface area contributed by atoms with E-state index in [2.05, 4.69) is 13.8 Å². The number of aliphatic hydroxyl groups excluding tert-OH is 1. The monoisotopic (exact) mass is 246 g/mol. The Morgan fingerprint density at radius 3 is 2.47 bits per heavy atom. The Hall–Kier alpha value is -0.120. The third-order valence-electron chi connectivity index (χ3n) is 3.18. The van der Waals surface area contributed by atoms with Crippen LogP contribution in [0.15, 0.2) is 0 Å². The van der Waals surface area contributed by atoms with Crippen molar-refractivity contribution in [1.29, 1.82) is 0 Å². The zero-order chi connectivity index (χ0) is 13.1. The minimum atomic E-state index is -0.800. The highest BCUT2D eigenvalue weighted by Crippen LogP contribution is 2.16. The number of unbranched alkanes of at least 4 members (excludes halogenated alkanes) is 1. The molecule has 0 saturated heterocycles. The molecule has 2 N–H and O–H groups in total. The van der Waals surface area contributed by atoms with Gasteiger partial charge in [0.15, 0.2) is 0 Å². The van der Waals surface area contributed by atoms with Crippen LogP contribution in [0.3, 0.4) is 0 Å². The average Bonchev–Trinajstić information content (AvgIpc) is 2.31. The van der Waals surface area contributed by atoms with Gasteiger partial charge in [-0.3, -0.25) is 0 Å². The lowest BCUT2D eigenvalue weighted by Crippen LogP contribution is -2.31. The summed E-state index contributed by atoms with van der Waals surface area (Å²) in [4.78, 5) is 0. The first-order valence-electron chi connectivity index (χ1n) is 6.96. The Morgan fingerprint density at radius 1 is 1.24 bits per heavy atom. The first-order chi connectivity index (χ1) is 8.05. The second-order valence-corrected chi connectivity index (χ2v) is 5.26. The van der Waals surface area contributed by atoms with Gasteiger partial charge in [0.25, 0.3) is 0 Å². The maximum Gasteiger partial charge on any atom is 0.0853 e. The lowest BCUT2D eigenvalue weighted by atomic mass is 9.99. The molecule has 0 fully saturated rings. The van der Waals surface area contributed by atoms with E-state index in [9.17, 15) is 5.11 Å². The van der Waals surface area contributed by atoms with E-state index in [1.807, 2.05) is 0 Å². The van der Waals surface area contributed by atoms with E-state index in [0.29, 0.717) is 25.4 Å². The molecule has 0 aliphatic heterocycles. The van der Waals surface area contributed by atoms with Gasteiger partial charge in [-0.25, -0.2) is 0 Å². The Bertz CT molecular complexity index is 169. The van der Waals surface area contributed by atoms with Crippen molar-refractivity contribution in [1.82, 2.24) is 0 Å². The van der Waals surface area contributed by atoms with Gasteiger partial charge in [-0.05, 0) is 32.1 Å². The summed E-state index contributed by atoms with van der Waals surface area (Å²) in [6.07, 6.45) is 6.05. The van der Waals surface area contributed by atoms with E-state index in [1.165, 1.54) is 19.3 Å². The molecule has 0 rings (SSSR count). The Balaban J connectivity index is 3.70. The summed E-state index contributed by atoms with van der Waals surface area (Å²) in [5.41, 5.74) is -0.800. The summed E-state index contributed by atoms with van der Waals surface area (Å²) in [5.74, 6) is 0.614. The minimum Gasteiger partial charge on any atom is -0.396 e. The molecular weight excluding hydrogens is 216 g/mol. The molecule has 0 saturated carbocycles. The van der Waals surface area contributed by atoms with E-state index in [1.54, 1.807) is 6.92 Å². The smallest absolute Gasteiger partial charge is 0.0853 e. The molecule has 2 unspecified atom stereocenters. The lowest BCUT2D eigenvalue weighted by Gasteiger charge is -2.24. The summed E-state index contributed by atoms with van der Waals surface area (Å²) in [6.45, 7) is 7.40. The van der Waals surface area contributed by atoms with Crippen LogP contribution in [0.2, 0.25) is 0 Å². The number of rotatable bonds is 11. The van der Waals surface area contributed by atoms with Crippen molar-refractivity contribution in [3.63, 3.8) is 0 Å². The fourth-order valence-corrected chi connectivity index (χ4v) is 1.88. The highest BCUT2D eigenvalue weighted by Gasteiger charge is 2.20. The van der Waals surface area contributed by atoms with Crippen LogP contribution in [0.1, 0.15) is 59.3 Å². The molecule has 0 aromatic carbocycles. The van der Waals surface area contributed by atoms with Crippen LogP contribution in [0.4, 0.5) is 0 Å². The van der Waals surface area contributed by atoms with Gasteiger partial charge in [0, 0.05) is 13.2 Å². The zero-order valence-electron chi connectivity index (χ0n) is 11.7. The topological polar surface area (TPSA) is 49.7 Å². The van der Waals surface area contributed by atoms with E-state index in [4.69, 9.17) is 9.84 Å². The minimum absolute atomic E-state index is 0.129. The van der Waals surface area contributed by atoms with Gasteiger partial charge >= 0.3 is 0 Å². The van der Waals surface area contributed by atoms with Crippen LogP contribution >= 0.6 is 0 Å². The van der Waals surface area contributed by atoms with Gasteiger partial charge in [0.1, 0.15) is 0 Å². The van der Waals surface area contributed by atoms with Crippen molar-refractivity contribution < 1.29 is 14.9 Å². The van der Waals surface area contributed by atoms with Crippen LogP contribution < -0.4 is 0 Å². The highest BCUT2D eigenvalue weighted by molar-refractivity contribution is 4.71. The van der Waals surface area contributed by atoms with Gasteiger partial charge in [-0.15, -0.1) is 0 Å². The fraction of sp³-hybridized carbons (Fsp3) is 1.00. The average molecular weight is 246 g/mol. The molecule has 104 valence electrons. The lowest BCUT2D eigenvalue weighted by molar-refractivity contribution is -0.0505. The molecule has 0 aliphatic carbocycles. The van der Waals surface area contributed by atoms with Crippen molar-refractivity contribution in [2.24, 2.45) is 5.92 Å². The normalized spacial score (nSPS) is 16.8. The van der Waals surface area contributed by atoms with Crippen molar-refractivity contribution in [3.05, 3.63) is 0 Å². The van der Waals surface area contributed by atoms with Crippen LogP contribution in [-0.2, 0) is 4.74 Å². The van der Waals surface area contributed by atoms with Gasteiger partial charge in [-0.2, -0.15) is 0 Å². The largest absolute Gasteiger partial charge is 0.396 e. The Morgan fingerprint density at radius 2 is 1.94 bits per heavy atom. The van der Waals surface area contributed by atoms with Crippen molar-refractivity contribution in [3.8, 4) is 0 Å². The van der Waals surface area contributed by atoms with Crippen LogP contribution in [-0.4, -0.2) is 35.6 Å². The number of aliphatic hydroxyl groups is 2. The summed E-state index contributed by atoms with van der Waals surface area (Å²) < 4.78 is 5.61. The van der Waals surface area contributed by atoms with E-state index in [0.717, 1.165) is 13.0 Å². The van der Waals surface area contributed by atoms with Crippen LogP contribution in [0.25, 0.3) is 0 Å². The molecule has 0 radical (unpaired) electrons. The van der Waals surface area contributed by atoms with Gasteiger partial charge in [0.2, 0.25) is 0 Å². The quantitative estimate of drug-likeness (QED) is 0.589. The highest BCUT2D eigenvalue weighted by atomic mass is 16.5. The molecule has 0 aromatic heterocycles. The predicted octanol–water partition coefficient (Wildman–Crippen LogP) is 2.74. The van der Waals surface area contributed by atoms with E-state index in [-0.39, 0.29) is 6.61 Å². The summed E-state index contributed by atoms with van der Waals surface area (Å²) >= 11 is 0.